The number of ether oxygens (including phenoxy) is 2. The molecule has 1 unspecified atom stereocenters. The van der Waals surface area contributed by atoms with Crippen LogP contribution in [-0.2, 0) is 19.9 Å². The Morgan fingerprint density at radius 2 is 1.52 bits per heavy atom. The maximum Gasteiger partial charge on any atom is 0.251 e. The minimum Gasteiger partial charge on any atom is -0.481 e. The summed E-state index contributed by atoms with van der Waals surface area (Å²) in [6.07, 6.45) is 4.27. The summed E-state index contributed by atoms with van der Waals surface area (Å²) in [6.45, 7) is 3.77. The van der Waals surface area contributed by atoms with Gasteiger partial charge in [0.15, 0.2) is 5.60 Å². The van der Waals surface area contributed by atoms with Crippen LogP contribution in [-0.4, -0.2) is 25.7 Å². The minimum absolute atomic E-state index is 0.0367. The van der Waals surface area contributed by atoms with Gasteiger partial charge in [-0.1, -0.05) is 73.5 Å². The second-order valence-electron chi connectivity index (χ2n) is 7.84. The maximum atomic E-state index is 13.2. The zero-order valence-corrected chi connectivity index (χ0v) is 17.0. The molecule has 0 saturated carbocycles. The van der Waals surface area contributed by atoms with Crippen LogP contribution in [0.15, 0.2) is 72.0 Å². The summed E-state index contributed by atoms with van der Waals surface area (Å²) in [5, 5.41) is 3.11. The molecule has 2 heterocycles. The lowest BCUT2D eigenvalue weighted by Gasteiger charge is -2.37. The van der Waals surface area contributed by atoms with Crippen LogP contribution in [0.4, 0.5) is 0 Å². The monoisotopic (exact) mass is 391 g/mol. The molecule has 0 aliphatic carbocycles. The molecular weight excluding hydrogens is 362 g/mol. The molecule has 0 bridgehead atoms. The lowest BCUT2D eigenvalue weighted by Crippen LogP contribution is -2.41. The maximum absolute atomic E-state index is 13.2. The summed E-state index contributed by atoms with van der Waals surface area (Å²) in [4.78, 5) is 13.2. The van der Waals surface area contributed by atoms with Gasteiger partial charge in [-0.15, -0.1) is 0 Å². The molecule has 2 aromatic rings. The molecule has 0 radical (unpaired) electrons. The number of hydrogen-bond donors (Lipinski definition) is 1. The highest BCUT2D eigenvalue weighted by Crippen LogP contribution is 2.51. The van der Waals surface area contributed by atoms with Crippen molar-refractivity contribution < 1.29 is 14.3 Å². The summed E-state index contributed by atoms with van der Waals surface area (Å²) in [7, 11) is 0. The number of carbonyl (C=O) groups excluding carboxylic acids is 1. The molecule has 4 heteroatoms. The first kappa shape index (κ1) is 19.7. The van der Waals surface area contributed by atoms with Gasteiger partial charge in [-0.05, 0) is 19.8 Å². The van der Waals surface area contributed by atoms with Crippen molar-refractivity contribution in [1.29, 1.82) is 0 Å². The molecule has 1 atom stereocenters. The molecule has 152 valence electrons. The number of fused-ring (bicyclic) bond motifs is 1. The Kier molecular flexibility index (Phi) is 6.00. The molecule has 2 aromatic carbocycles. The highest BCUT2D eigenvalue weighted by atomic mass is 16.5. The van der Waals surface area contributed by atoms with Crippen molar-refractivity contribution in [1.82, 2.24) is 5.32 Å². The van der Waals surface area contributed by atoms with Gasteiger partial charge < -0.3 is 14.8 Å². The quantitative estimate of drug-likeness (QED) is 0.817. The van der Waals surface area contributed by atoms with E-state index in [2.05, 4.69) is 29.6 Å². The molecule has 2 aliphatic rings. The Hall–Kier alpha value is -2.59. The summed E-state index contributed by atoms with van der Waals surface area (Å²) < 4.78 is 12.8. The van der Waals surface area contributed by atoms with Crippen LogP contribution in [0.3, 0.4) is 0 Å². The Morgan fingerprint density at radius 3 is 2.17 bits per heavy atom. The second-order valence-corrected chi connectivity index (χ2v) is 7.84. The van der Waals surface area contributed by atoms with Gasteiger partial charge in [0.2, 0.25) is 0 Å². The fraction of sp³-hybridized carbons (Fsp3) is 0.400. The first-order valence-corrected chi connectivity index (χ1v) is 10.6. The molecular formula is C25H29NO3. The van der Waals surface area contributed by atoms with Crippen molar-refractivity contribution >= 4 is 5.91 Å². The summed E-state index contributed by atoms with van der Waals surface area (Å²) in [6, 6.07) is 20.4. The molecule has 1 fully saturated rings. The zero-order chi connectivity index (χ0) is 20.1. The molecule has 4 nitrogen and oxygen atoms in total. The fourth-order valence-electron chi connectivity index (χ4n) is 4.57. The molecule has 1 amide bonds. The summed E-state index contributed by atoms with van der Waals surface area (Å²) in [5.74, 6) is 0.429. The standard InChI is InChI=1S/C25H29NO3/c1-19-23-22(18-28-17-11-3-2-10-16-26-24(23)27)25(29-19,20-12-6-4-7-13-20)21-14-8-5-9-15-21/h4-9,12-15,22H,2-3,10-11,16-18H2,1H3,(H,26,27). The predicted octanol–water partition coefficient (Wildman–Crippen LogP) is 4.56. The van der Waals surface area contributed by atoms with Gasteiger partial charge >= 0.3 is 0 Å². The van der Waals surface area contributed by atoms with E-state index in [1.807, 2.05) is 43.3 Å². The summed E-state index contributed by atoms with van der Waals surface area (Å²) in [5.41, 5.74) is 2.00. The topological polar surface area (TPSA) is 47.6 Å². The van der Waals surface area contributed by atoms with Crippen molar-refractivity contribution in [2.45, 2.75) is 38.2 Å². The van der Waals surface area contributed by atoms with E-state index in [4.69, 9.17) is 9.47 Å². The van der Waals surface area contributed by atoms with E-state index < -0.39 is 5.60 Å². The van der Waals surface area contributed by atoms with E-state index >= 15 is 0 Å². The van der Waals surface area contributed by atoms with Crippen LogP contribution in [0, 0.1) is 5.92 Å². The molecule has 29 heavy (non-hydrogen) atoms. The number of carbonyl (C=O) groups is 1. The zero-order valence-electron chi connectivity index (χ0n) is 17.0. The smallest absolute Gasteiger partial charge is 0.251 e. The largest absolute Gasteiger partial charge is 0.481 e. The molecule has 1 saturated heterocycles. The Balaban J connectivity index is 1.82. The lowest BCUT2D eigenvalue weighted by molar-refractivity contribution is -0.118. The number of hydrogen-bond acceptors (Lipinski definition) is 3. The van der Waals surface area contributed by atoms with Crippen molar-refractivity contribution in [3.8, 4) is 0 Å². The third kappa shape index (κ3) is 3.82. The van der Waals surface area contributed by atoms with Gasteiger partial charge in [-0.2, -0.15) is 0 Å². The van der Waals surface area contributed by atoms with Crippen molar-refractivity contribution in [3.05, 3.63) is 83.1 Å². The van der Waals surface area contributed by atoms with E-state index in [1.165, 1.54) is 0 Å². The average Bonchev–Trinajstić information content (AvgIpc) is 3.05. The van der Waals surface area contributed by atoms with E-state index in [0.717, 1.165) is 36.8 Å². The first-order valence-electron chi connectivity index (χ1n) is 10.6. The van der Waals surface area contributed by atoms with Gasteiger partial charge in [0.25, 0.3) is 5.91 Å². The van der Waals surface area contributed by atoms with Crippen LogP contribution in [0.1, 0.15) is 43.7 Å². The van der Waals surface area contributed by atoms with E-state index in [0.29, 0.717) is 31.1 Å². The third-order valence-corrected chi connectivity index (χ3v) is 5.97. The highest BCUT2D eigenvalue weighted by Gasteiger charge is 2.53. The van der Waals surface area contributed by atoms with E-state index in [1.54, 1.807) is 0 Å². The number of nitrogens with one attached hydrogen (secondary N) is 1. The van der Waals surface area contributed by atoms with Crippen LogP contribution in [0.2, 0.25) is 0 Å². The predicted molar refractivity (Wildman–Crippen MR) is 113 cm³/mol. The molecule has 4 rings (SSSR count). The van der Waals surface area contributed by atoms with Gasteiger partial charge in [0, 0.05) is 24.3 Å². The van der Waals surface area contributed by atoms with Gasteiger partial charge in [0.1, 0.15) is 5.76 Å². The van der Waals surface area contributed by atoms with Gasteiger partial charge in [-0.3, -0.25) is 4.79 Å². The Bertz CT molecular complexity index is 821. The van der Waals surface area contributed by atoms with Gasteiger partial charge in [-0.25, -0.2) is 0 Å². The normalized spacial score (nSPS) is 22.7. The van der Waals surface area contributed by atoms with Crippen molar-refractivity contribution in [2.75, 3.05) is 19.8 Å². The Morgan fingerprint density at radius 1 is 0.897 bits per heavy atom. The molecule has 1 N–H and O–H groups in total. The third-order valence-electron chi connectivity index (χ3n) is 5.97. The van der Waals surface area contributed by atoms with Crippen LogP contribution in [0.25, 0.3) is 0 Å². The van der Waals surface area contributed by atoms with E-state index in [9.17, 15) is 4.79 Å². The van der Waals surface area contributed by atoms with Crippen molar-refractivity contribution in [3.63, 3.8) is 0 Å². The first-order chi connectivity index (χ1) is 14.2. The van der Waals surface area contributed by atoms with Crippen LogP contribution >= 0.6 is 0 Å². The van der Waals surface area contributed by atoms with Crippen LogP contribution < -0.4 is 5.32 Å². The molecule has 0 aromatic heterocycles. The lowest BCUT2D eigenvalue weighted by atomic mass is 9.74. The Labute approximate surface area is 172 Å². The number of rotatable bonds is 2. The van der Waals surface area contributed by atoms with Crippen molar-refractivity contribution in [2.24, 2.45) is 5.92 Å². The number of amides is 1. The number of allylic oxidation sites excluding steroid dienone is 1. The second kappa shape index (κ2) is 8.83. The summed E-state index contributed by atoms with van der Waals surface area (Å²) >= 11 is 0. The van der Waals surface area contributed by atoms with E-state index in [-0.39, 0.29) is 11.8 Å². The SMILES string of the molecule is CC1=C2C(=O)NCCCCCCOCC2C(c2ccccc2)(c2ccccc2)O1. The average molecular weight is 392 g/mol. The fourth-order valence-corrected chi connectivity index (χ4v) is 4.57. The molecule has 2 aliphatic heterocycles. The van der Waals surface area contributed by atoms with Crippen LogP contribution in [0.5, 0.6) is 0 Å². The highest BCUT2D eigenvalue weighted by molar-refractivity contribution is 5.95. The number of benzene rings is 2. The molecule has 0 spiro atoms. The van der Waals surface area contributed by atoms with Gasteiger partial charge in [0.05, 0.1) is 18.1 Å². The minimum atomic E-state index is -0.774.